The number of rotatable bonds is 11. The molecule has 2 atom stereocenters. The molecule has 35 heavy (non-hydrogen) atoms. The van der Waals surface area contributed by atoms with Crippen LogP contribution in [0.3, 0.4) is 0 Å². The highest BCUT2D eigenvalue weighted by atomic mass is 31.1. The maximum Gasteiger partial charge on any atom is 0.188 e. The Morgan fingerprint density at radius 2 is 1.66 bits per heavy atom. The average Bonchev–Trinajstić information content (AvgIpc) is 2.76. The summed E-state index contributed by atoms with van der Waals surface area (Å²) < 4.78 is 11.6. The van der Waals surface area contributed by atoms with Crippen LogP contribution in [-0.2, 0) is 15.3 Å². The second-order valence-electron chi connectivity index (χ2n) is 11.9. The van der Waals surface area contributed by atoms with Crippen LogP contribution in [0.5, 0.6) is 5.75 Å². The minimum atomic E-state index is -0.0973. The highest BCUT2D eigenvalue weighted by Gasteiger charge is 2.33. The lowest BCUT2D eigenvalue weighted by atomic mass is 9.82. The fourth-order valence-corrected chi connectivity index (χ4v) is 5.89. The van der Waals surface area contributed by atoms with Gasteiger partial charge in [0.15, 0.2) is 6.79 Å². The molecule has 0 aliphatic carbocycles. The molecule has 2 aromatic rings. The molecule has 0 spiro atoms. The Hall–Kier alpha value is -1.70. The summed E-state index contributed by atoms with van der Waals surface area (Å²) in [6.07, 6.45) is 6.82. The van der Waals surface area contributed by atoms with E-state index < -0.39 is 0 Å². The Kier molecular flexibility index (Phi) is 10.6. The molecule has 0 aliphatic rings. The smallest absolute Gasteiger partial charge is 0.188 e. The Labute approximate surface area is 216 Å². The van der Waals surface area contributed by atoms with Crippen LogP contribution in [0.15, 0.2) is 41.4 Å². The lowest BCUT2D eigenvalue weighted by molar-refractivity contribution is 0.0494. The van der Waals surface area contributed by atoms with E-state index in [0.29, 0.717) is 8.58 Å². The largest absolute Gasteiger partial charge is 0.467 e. The predicted molar refractivity (Wildman–Crippen MR) is 156 cm³/mol. The molecule has 194 valence electrons. The van der Waals surface area contributed by atoms with E-state index in [1.165, 1.54) is 46.8 Å². The van der Waals surface area contributed by atoms with Crippen molar-refractivity contribution in [1.29, 1.82) is 0 Å². The van der Waals surface area contributed by atoms with Crippen LogP contribution in [0, 0.1) is 6.92 Å². The number of unbranched alkanes of at least 4 members (excludes halogenated alkanes) is 2. The molecule has 0 saturated heterocycles. The molecule has 0 N–H and O–H groups in total. The van der Waals surface area contributed by atoms with Crippen LogP contribution in [0.25, 0.3) is 0 Å². The molecule has 2 rings (SSSR count). The van der Waals surface area contributed by atoms with Gasteiger partial charge in [-0.15, -0.1) is 0 Å². The van der Waals surface area contributed by atoms with Crippen molar-refractivity contribution in [3.8, 4) is 5.75 Å². The standard InChI is InChI=1S/C31H48NO2P/c1-11-12-15-18-31(9,35-27-17-14-13-16-24(27)21-32-30(6,7)8)26-20-25(29(3,4)5)19-23(2)28(26)34-22-33-10/h13-14,16-17,19-21,35H,11-12,15,18,22H2,1-10H3/b32-21+. The summed E-state index contributed by atoms with van der Waals surface area (Å²) in [6, 6.07) is 13.4. The van der Waals surface area contributed by atoms with E-state index >= 15 is 0 Å². The van der Waals surface area contributed by atoms with Crippen LogP contribution in [-0.4, -0.2) is 25.7 Å². The van der Waals surface area contributed by atoms with Crippen LogP contribution < -0.4 is 10.0 Å². The number of benzene rings is 2. The Morgan fingerprint density at radius 3 is 2.26 bits per heavy atom. The van der Waals surface area contributed by atoms with Crippen molar-refractivity contribution in [3.63, 3.8) is 0 Å². The van der Waals surface area contributed by atoms with Crippen LogP contribution in [0.4, 0.5) is 0 Å². The van der Waals surface area contributed by atoms with Gasteiger partial charge in [0, 0.05) is 24.0 Å². The van der Waals surface area contributed by atoms with Crippen LogP contribution >= 0.6 is 8.58 Å². The molecule has 0 fully saturated rings. The van der Waals surface area contributed by atoms with Crippen molar-refractivity contribution >= 4 is 20.1 Å². The number of methoxy groups -OCH3 is 1. The summed E-state index contributed by atoms with van der Waals surface area (Å²) in [4.78, 5) is 4.82. The van der Waals surface area contributed by atoms with Crippen molar-refractivity contribution in [3.05, 3.63) is 58.7 Å². The van der Waals surface area contributed by atoms with Gasteiger partial charge >= 0.3 is 0 Å². The van der Waals surface area contributed by atoms with Crippen molar-refractivity contribution in [1.82, 2.24) is 0 Å². The van der Waals surface area contributed by atoms with E-state index in [2.05, 4.69) is 105 Å². The minimum absolute atomic E-state index is 0.0595. The van der Waals surface area contributed by atoms with Gasteiger partial charge in [0.1, 0.15) is 5.75 Å². The Bertz CT molecular complexity index is 984. The highest BCUT2D eigenvalue weighted by molar-refractivity contribution is 7.48. The van der Waals surface area contributed by atoms with E-state index in [0.717, 1.165) is 12.2 Å². The molecule has 3 nitrogen and oxygen atoms in total. The van der Waals surface area contributed by atoms with E-state index in [1.807, 2.05) is 0 Å². The Balaban J connectivity index is 2.68. The summed E-state index contributed by atoms with van der Waals surface area (Å²) >= 11 is 0. The van der Waals surface area contributed by atoms with E-state index in [9.17, 15) is 0 Å². The fraction of sp³-hybridized carbons (Fsp3) is 0.581. The predicted octanol–water partition coefficient (Wildman–Crippen LogP) is 8.29. The van der Waals surface area contributed by atoms with Crippen molar-refractivity contribution in [2.45, 2.75) is 104 Å². The summed E-state index contributed by atoms with van der Waals surface area (Å²) in [6.45, 7) is 20.4. The van der Waals surface area contributed by atoms with Gasteiger partial charge in [-0.05, 0) is 61.5 Å². The summed E-state index contributed by atoms with van der Waals surface area (Å²) in [5, 5.41) is 1.30. The summed E-state index contributed by atoms with van der Waals surface area (Å²) in [5.74, 6) is 0.979. The molecule has 0 aliphatic heterocycles. The van der Waals surface area contributed by atoms with Crippen LogP contribution in [0.1, 0.15) is 103 Å². The molecule has 0 saturated carbocycles. The third-order valence-corrected chi connectivity index (χ3v) is 8.09. The molecule has 0 radical (unpaired) electrons. The first-order valence-corrected chi connectivity index (χ1v) is 14.0. The monoisotopic (exact) mass is 497 g/mol. The lowest BCUT2D eigenvalue weighted by Crippen LogP contribution is -2.24. The Morgan fingerprint density at radius 1 is 0.971 bits per heavy atom. The zero-order valence-electron chi connectivity index (χ0n) is 23.8. The number of aliphatic imine (C=N–C) groups is 1. The number of hydrogen-bond acceptors (Lipinski definition) is 3. The lowest BCUT2D eigenvalue weighted by Gasteiger charge is -2.35. The van der Waals surface area contributed by atoms with Gasteiger partial charge in [-0.3, -0.25) is 4.99 Å². The molecule has 0 bridgehead atoms. The van der Waals surface area contributed by atoms with Crippen molar-refractivity contribution in [2.24, 2.45) is 4.99 Å². The molecule has 0 heterocycles. The average molecular weight is 498 g/mol. The number of aryl methyl sites for hydroxylation is 1. The molecule has 4 heteroatoms. The van der Waals surface area contributed by atoms with Gasteiger partial charge in [0.25, 0.3) is 0 Å². The maximum atomic E-state index is 6.25. The van der Waals surface area contributed by atoms with E-state index in [4.69, 9.17) is 14.5 Å². The maximum absolute atomic E-state index is 6.25. The number of nitrogens with zero attached hydrogens (tertiary/aromatic N) is 1. The summed E-state index contributed by atoms with van der Waals surface area (Å²) in [5.41, 5.74) is 5.01. The topological polar surface area (TPSA) is 30.8 Å². The van der Waals surface area contributed by atoms with Gasteiger partial charge in [0.2, 0.25) is 0 Å². The second kappa shape index (κ2) is 12.5. The van der Waals surface area contributed by atoms with Gasteiger partial charge in [-0.25, -0.2) is 0 Å². The third-order valence-electron chi connectivity index (χ3n) is 6.30. The van der Waals surface area contributed by atoms with E-state index in [1.54, 1.807) is 7.11 Å². The molecule has 0 aromatic heterocycles. The normalized spacial score (nSPS) is 14.7. The first-order chi connectivity index (χ1) is 16.3. The molecule has 0 amide bonds. The quantitative estimate of drug-likeness (QED) is 0.135. The van der Waals surface area contributed by atoms with Gasteiger partial charge in [0.05, 0.1) is 5.54 Å². The van der Waals surface area contributed by atoms with Crippen molar-refractivity contribution in [2.75, 3.05) is 13.9 Å². The third kappa shape index (κ3) is 8.72. The number of ether oxygens (including phenoxy) is 2. The van der Waals surface area contributed by atoms with Gasteiger partial charge in [-0.1, -0.05) is 98.9 Å². The SMILES string of the molecule is CCCCCC(C)(Pc1ccccc1/C=N/C(C)(C)C)c1cc(C(C)(C)C)cc(C)c1OCOC. The zero-order chi connectivity index (χ0) is 26.3. The highest BCUT2D eigenvalue weighted by Crippen LogP contribution is 2.50. The minimum Gasteiger partial charge on any atom is -0.467 e. The molecule has 2 aromatic carbocycles. The first kappa shape index (κ1) is 29.5. The van der Waals surface area contributed by atoms with Gasteiger partial charge < -0.3 is 9.47 Å². The first-order valence-electron chi connectivity index (χ1n) is 13.0. The van der Waals surface area contributed by atoms with Gasteiger partial charge in [-0.2, -0.15) is 0 Å². The zero-order valence-corrected chi connectivity index (χ0v) is 24.8. The molecular weight excluding hydrogens is 449 g/mol. The molecular formula is C31H48NO2P. The number of hydrogen-bond donors (Lipinski definition) is 0. The fourth-order valence-electron chi connectivity index (χ4n) is 4.20. The molecule has 2 unspecified atom stereocenters. The second-order valence-corrected chi connectivity index (χ2v) is 13.8. The van der Waals surface area contributed by atoms with Crippen LogP contribution in [0.2, 0.25) is 0 Å². The van der Waals surface area contributed by atoms with E-state index in [-0.39, 0.29) is 22.9 Å². The summed E-state index contributed by atoms with van der Waals surface area (Å²) in [7, 11) is 2.28. The van der Waals surface area contributed by atoms with Crippen molar-refractivity contribution < 1.29 is 9.47 Å².